The average molecular weight is 386 g/mol. The molecule has 0 fully saturated rings. The minimum absolute atomic E-state index is 0.0847. The second kappa shape index (κ2) is 6.85. The zero-order valence-corrected chi connectivity index (χ0v) is 14.9. The number of aryl methyl sites for hydroxylation is 1. The van der Waals surface area contributed by atoms with E-state index in [2.05, 4.69) is 10.3 Å². The minimum Gasteiger partial charge on any atom is -0.463 e. The molecular formula is C19H13ClFN3O3. The molecule has 8 heteroatoms. The first-order valence-electron chi connectivity index (χ1n) is 8.05. The molecule has 27 heavy (non-hydrogen) atoms. The lowest BCUT2D eigenvalue weighted by atomic mass is 10.1. The van der Waals surface area contributed by atoms with E-state index in [1.807, 2.05) is 0 Å². The summed E-state index contributed by atoms with van der Waals surface area (Å²) in [4.78, 5) is 12.6. The molecule has 3 heterocycles. The summed E-state index contributed by atoms with van der Waals surface area (Å²) in [5.74, 6) is 0.435. The predicted octanol–water partition coefficient (Wildman–Crippen LogP) is 4.31. The van der Waals surface area contributed by atoms with Crippen molar-refractivity contribution in [1.29, 1.82) is 0 Å². The van der Waals surface area contributed by atoms with Crippen LogP contribution < -0.4 is 5.56 Å². The van der Waals surface area contributed by atoms with Crippen molar-refractivity contribution in [1.82, 2.24) is 14.9 Å². The molecule has 0 saturated carbocycles. The third kappa shape index (κ3) is 3.41. The van der Waals surface area contributed by atoms with E-state index < -0.39 is 5.82 Å². The van der Waals surface area contributed by atoms with Gasteiger partial charge < -0.3 is 8.94 Å². The number of hydrogen-bond acceptors (Lipinski definition) is 5. The lowest BCUT2D eigenvalue weighted by molar-refractivity contribution is 0.426. The molecule has 3 aromatic heterocycles. The van der Waals surface area contributed by atoms with Crippen LogP contribution in [0.4, 0.5) is 4.39 Å². The lowest BCUT2D eigenvalue weighted by Crippen LogP contribution is -2.24. The SMILES string of the molecule is Cc1cc(-c2cc(=O)n(Cc3ccc(F)cc3Cl)nc2-c2ccco2)on1. The second-order valence-corrected chi connectivity index (χ2v) is 6.36. The van der Waals surface area contributed by atoms with Gasteiger partial charge in [-0.1, -0.05) is 22.8 Å². The topological polar surface area (TPSA) is 74.1 Å². The number of rotatable bonds is 4. The molecule has 0 radical (unpaired) electrons. The van der Waals surface area contributed by atoms with Crippen LogP contribution in [0.5, 0.6) is 0 Å². The highest BCUT2D eigenvalue weighted by Crippen LogP contribution is 2.30. The molecule has 0 N–H and O–H groups in total. The first-order chi connectivity index (χ1) is 13.0. The molecule has 4 aromatic rings. The molecule has 0 aliphatic rings. The summed E-state index contributed by atoms with van der Waals surface area (Å²) in [6.07, 6.45) is 1.51. The number of nitrogens with zero attached hydrogens (tertiary/aromatic N) is 3. The monoisotopic (exact) mass is 385 g/mol. The third-order valence-corrected chi connectivity index (χ3v) is 4.33. The van der Waals surface area contributed by atoms with Crippen molar-refractivity contribution in [2.75, 3.05) is 0 Å². The second-order valence-electron chi connectivity index (χ2n) is 5.95. The Kier molecular flexibility index (Phi) is 4.37. The number of hydrogen-bond donors (Lipinski definition) is 0. The number of benzene rings is 1. The normalized spacial score (nSPS) is 11.1. The molecule has 0 saturated heterocycles. The molecule has 136 valence electrons. The van der Waals surface area contributed by atoms with E-state index in [0.29, 0.717) is 34.0 Å². The minimum atomic E-state index is -0.448. The van der Waals surface area contributed by atoms with E-state index in [1.165, 1.54) is 35.2 Å². The molecule has 0 aliphatic heterocycles. The average Bonchev–Trinajstić information content (AvgIpc) is 3.30. The molecule has 1 aromatic carbocycles. The van der Waals surface area contributed by atoms with Crippen LogP contribution in [-0.4, -0.2) is 14.9 Å². The van der Waals surface area contributed by atoms with Crippen molar-refractivity contribution in [3.8, 4) is 22.8 Å². The van der Waals surface area contributed by atoms with Gasteiger partial charge in [-0.3, -0.25) is 4.79 Å². The van der Waals surface area contributed by atoms with Gasteiger partial charge in [0.25, 0.3) is 5.56 Å². The van der Waals surface area contributed by atoms with Gasteiger partial charge in [0, 0.05) is 17.2 Å². The summed E-state index contributed by atoms with van der Waals surface area (Å²) in [6.45, 7) is 1.87. The van der Waals surface area contributed by atoms with Crippen LogP contribution in [0.15, 0.2) is 62.5 Å². The van der Waals surface area contributed by atoms with Crippen LogP contribution in [0.25, 0.3) is 22.8 Å². The fourth-order valence-corrected chi connectivity index (χ4v) is 2.92. The standard InChI is InChI=1S/C19H13ClFN3O3/c1-11-7-17(27-23-11)14-9-18(25)24(22-19(14)16-3-2-6-26-16)10-12-4-5-13(21)8-15(12)20/h2-9H,10H2,1H3. The summed E-state index contributed by atoms with van der Waals surface area (Å²) in [5.41, 5.74) is 1.78. The van der Waals surface area contributed by atoms with Crippen molar-refractivity contribution in [3.63, 3.8) is 0 Å². The quantitative estimate of drug-likeness (QED) is 0.523. The highest BCUT2D eigenvalue weighted by Gasteiger charge is 2.18. The predicted molar refractivity (Wildman–Crippen MR) is 96.9 cm³/mol. The third-order valence-electron chi connectivity index (χ3n) is 3.98. The van der Waals surface area contributed by atoms with Crippen LogP contribution in [0, 0.1) is 12.7 Å². The van der Waals surface area contributed by atoms with Crippen LogP contribution >= 0.6 is 11.6 Å². The zero-order valence-electron chi connectivity index (χ0n) is 14.1. The van der Waals surface area contributed by atoms with Crippen molar-refractivity contribution in [3.05, 3.63) is 81.2 Å². The summed E-state index contributed by atoms with van der Waals surface area (Å²) in [6, 6.07) is 10.6. The maximum absolute atomic E-state index is 13.3. The molecule has 6 nitrogen and oxygen atoms in total. The van der Waals surface area contributed by atoms with E-state index in [4.69, 9.17) is 20.5 Å². The molecule has 0 atom stereocenters. The Labute approximate surface area is 157 Å². The molecule has 0 unspecified atom stereocenters. The number of halogens is 2. The van der Waals surface area contributed by atoms with E-state index >= 15 is 0 Å². The van der Waals surface area contributed by atoms with Gasteiger partial charge in [-0.2, -0.15) is 5.10 Å². The van der Waals surface area contributed by atoms with Gasteiger partial charge in [0.15, 0.2) is 11.5 Å². The molecule has 0 aliphatic carbocycles. The summed E-state index contributed by atoms with van der Waals surface area (Å²) in [7, 11) is 0. The largest absolute Gasteiger partial charge is 0.463 e. The van der Waals surface area contributed by atoms with E-state index in [9.17, 15) is 9.18 Å². The summed E-state index contributed by atoms with van der Waals surface area (Å²) < 4.78 is 25.2. The molecule has 4 rings (SSSR count). The fourth-order valence-electron chi connectivity index (χ4n) is 2.69. The molecule has 0 bridgehead atoms. The highest BCUT2D eigenvalue weighted by molar-refractivity contribution is 6.31. The summed E-state index contributed by atoms with van der Waals surface area (Å²) >= 11 is 6.08. The van der Waals surface area contributed by atoms with Crippen LogP contribution in [0.1, 0.15) is 11.3 Å². The van der Waals surface area contributed by atoms with Crippen molar-refractivity contribution < 1.29 is 13.3 Å². The van der Waals surface area contributed by atoms with Gasteiger partial charge in [0.2, 0.25) is 0 Å². The van der Waals surface area contributed by atoms with Gasteiger partial charge in [-0.25, -0.2) is 9.07 Å². The lowest BCUT2D eigenvalue weighted by Gasteiger charge is -2.10. The Morgan fingerprint density at radius 2 is 2.04 bits per heavy atom. The first-order valence-corrected chi connectivity index (χ1v) is 8.43. The van der Waals surface area contributed by atoms with E-state index in [-0.39, 0.29) is 17.1 Å². The smallest absolute Gasteiger partial charge is 0.267 e. The molecule has 0 spiro atoms. The van der Waals surface area contributed by atoms with Crippen molar-refractivity contribution in [2.24, 2.45) is 0 Å². The van der Waals surface area contributed by atoms with Crippen molar-refractivity contribution in [2.45, 2.75) is 13.5 Å². The Bertz CT molecular complexity index is 1170. The Morgan fingerprint density at radius 1 is 1.19 bits per heavy atom. The number of aromatic nitrogens is 3. The van der Waals surface area contributed by atoms with Gasteiger partial charge in [0.1, 0.15) is 11.5 Å². The van der Waals surface area contributed by atoms with E-state index in [1.54, 1.807) is 25.1 Å². The maximum Gasteiger partial charge on any atom is 0.267 e. The van der Waals surface area contributed by atoms with Gasteiger partial charge in [-0.15, -0.1) is 0 Å². The molecule has 0 amide bonds. The van der Waals surface area contributed by atoms with Gasteiger partial charge in [-0.05, 0) is 36.8 Å². The Morgan fingerprint density at radius 3 is 2.70 bits per heavy atom. The maximum atomic E-state index is 13.3. The number of furan rings is 1. The van der Waals surface area contributed by atoms with E-state index in [0.717, 1.165) is 0 Å². The fraction of sp³-hybridized carbons (Fsp3) is 0.105. The summed E-state index contributed by atoms with van der Waals surface area (Å²) in [5, 5.41) is 8.51. The van der Waals surface area contributed by atoms with Crippen LogP contribution in [0.2, 0.25) is 5.02 Å². The van der Waals surface area contributed by atoms with Crippen LogP contribution in [0.3, 0.4) is 0 Å². The van der Waals surface area contributed by atoms with Gasteiger partial charge >= 0.3 is 0 Å². The zero-order chi connectivity index (χ0) is 19.0. The Hall–Kier alpha value is -3.19. The van der Waals surface area contributed by atoms with Crippen LogP contribution in [-0.2, 0) is 6.54 Å². The first kappa shape index (κ1) is 17.2. The Balaban J connectivity index is 1.84. The highest BCUT2D eigenvalue weighted by atomic mass is 35.5. The van der Waals surface area contributed by atoms with Gasteiger partial charge in [0.05, 0.1) is 24.1 Å². The van der Waals surface area contributed by atoms with Crippen molar-refractivity contribution >= 4 is 11.6 Å². The molecular weight excluding hydrogens is 373 g/mol.